The third-order valence-corrected chi connectivity index (χ3v) is 4.39. The Morgan fingerprint density at radius 2 is 1.85 bits per heavy atom. The molecule has 120 valence electrons. The molecule has 0 aromatic carbocycles. The first kappa shape index (κ1) is 17.9. The Bertz CT molecular complexity index is 292. The van der Waals surface area contributed by atoms with Gasteiger partial charge < -0.3 is 19.7 Å². The number of ether oxygens (including phenoxy) is 2. The predicted octanol–water partition coefficient (Wildman–Crippen LogP) is 2.14. The van der Waals surface area contributed by atoms with Gasteiger partial charge in [-0.2, -0.15) is 0 Å². The van der Waals surface area contributed by atoms with Gasteiger partial charge in [-0.3, -0.25) is 0 Å². The van der Waals surface area contributed by atoms with E-state index in [4.69, 9.17) is 9.47 Å². The largest absolute Gasteiger partial charge is 0.385 e. The number of rotatable bonds is 8. The van der Waals surface area contributed by atoms with Crippen molar-refractivity contribution in [1.29, 1.82) is 0 Å². The molecule has 4 heteroatoms. The van der Waals surface area contributed by atoms with Crippen LogP contribution in [0.5, 0.6) is 0 Å². The maximum absolute atomic E-state index is 6.33. The molecule has 0 radical (unpaired) electrons. The van der Waals surface area contributed by atoms with Gasteiger partial charge in [0.25, 0.3) is 0 Å². The van der Waals surface area contributed by atoms with E-state index in [0.717, 1.165) is 32.7 Å². The summed E-state index contributed by atoms with van der Waals surface area (Å²) >= 11 is 0. The molecule has 0 aromatic heterocycles. The summed E-state index contributed by atoms with van der Waals surface area (Å²) in [4.78, 5) is 2.40. The second kappa shape index (κ2) is 7.21. The zero-order valence-corrected chi connectivity index (χ0v) is 14.5. The van der Waals surface area contributed by atoms with Crippen LogP contribution in [0.15, 0.2) is 0 Å². The Labute approximate surface area is 125 Å². The number of hydrogen-bond acceptors (Lipinski definition) is 4. The number of nitrogens with one attached hydrogen (secondary N) is 1. The first-order valence-corrected chi connectivity index (χ1v) is 7.85. The molecule has 0 saturated carbocycles. The summed E-state index contributed by atoms with van der Waals surface area (Å²) in [5.41, 5.74) is -0.205. The summed E-state index contributed by atoms with van der Waals surface area (Å²) < 4.78 is 11.5. The quantitative estimate of drug-likeness (QED) is 0.693. The minimum Gasteiger partial charge on any atom is -0.385 e. The molecule has 2 atom stereocenters. The molecule has 1 fully saturated rings. The molecule has 4 nitrogen and oxygen atoms in total. The summed E-state index contributed by atoms with van der Waals surface area (Å²) in [7, 11) is 3.96. The van der Waals surface area contributed by atoms with E-state index >= 15 is 0 Å². The first-order valence-electron chi connectivity index (χ1n) is 7.85. The zero-order chi connectivity index (χ0) is 15.4. The van der Waals surface area contributed by atoms with Gasteiger partial charge in [0.1, 0.15) is 0 Å². The smallest absolute Gasteiger partial charge is 0.0790 e. The first-order chi connectivity index (χ1) is 9.24. The van der Waals surface area contributed by atoms with E-state index in [9.17, 15) is 0 Å². The Hall–Kier alpha value is -0.160. The molecular formula is C16H34N2O2. The molecule has 1 aliphatic heterocycles. The SMILES string of the molecule is CCNC1C(CN(C)CCCOC)C(C)(C)OC1(C)C. The van der Waals surface area contributed by atoms with Crippen molar-refractivity contribution in [3.63, 3.8) is 0 Å². The van der Waals surface area contributed by atoms with Gasteiger partial charge in [-0.1, -0.05) is 6.92 Å². The highest BCUT2D eigenvalue weighted by Crippen LogP contribution is 2.42. The third kappa shape index (κ3) is 4.42. The van der Waals surface area contributed by atoms with Crippen LogP contribution in [0.1, 0.15) is 41.0 Å². The summed E-state index contributed by atoms with van der Waals surface area (Å²) in [5, 5.41) is 3.64. The average molecular weight is 286 g/mol. The molecule has 1 saturated heterocycles. The molecule has 1 heterocycles. The van der Waals surface area contributed by atoms with E-state index in [0.29, 0.717) is 12.0 Å². The Morgan fingerprint density at radius 1 is 1.20 bits per heavy atom. The second-order valence-corrected chi connectivity index (χ2v) is 7.06. The van der Waals surface area contributed by atoms with Crippen LogP contribution in [0, 0.1) is 5.92 Å². The standard InChI is InChI=1S/C16H34N2O2/c1-8-17-14-13(12-18(6)10-9-11-19-7)15(2,3)20-16(14,4)5/h13-14,17H,8-12H2,1-7H3. The van der Waals surface area contributed by atoms with Crippen molar-refractivity contribution in [3.05, 3.63) is 0 Å². The molecule has 0 amide bonds. The molecule has 0 aliphatic carbocycles. The summed E-state index contributed by atoms with van der Waals surface area (Å²) in [6.45, 7) is 15.0. The molecule has 0 bridgehead atoms. The van der Waals surface area contributed by atoms with Crippen LogP contribution in [0.25, 0.3) is 0 Å². The van der Waals surface area contributed by atoms with Crippen molar-refractivity contribution in [2.24, 2.45) is 5.92 Å². The Kier molecular flexibility index (Phi) is 6.45. The number of methoxy groups -OCH3 is 1. The molecule has 1 aliphatic rings. The third-order valence-electron chi connectivity index (χ3n) is 4.39. The van der Waals surface area contributed by atoms with E-state index in [2.05, 4.69) is 51.9 Å². The number of nitrogens with zero attached hydrogens (tertiary/aromatic N) is 1. The van der Waals surface area contributed by atoms with Crippen LogP contribution < -0.4 is 5.32 Å². The van der Waals surface area contributed by atoms with Gasteiger partial charge in [0, 0.05) is 38.8 Å². The molecule has 1 N–H and O–H groups in total. The number of likely N-dealkylation sites (N-methyl/N-ethyl adjacent to an activating group) is 1. The van der Waals surface area contributed by atoms with Crippen LogP contribution in [-0.2, 0) is 9.47 Å². The van der Waals surface area contributed by atoms with Gasteiger partial charge in [-0.25, -0.2) is 0 Å². The van der Waals surface area contributed by atoms with Crippen LogP contribution in [0.2, 0.25) is 0 Å². The van der Waals surface area contributed by atoms with Crippen molar-refractivity contribution in [1.82, 2.24) is 10.2 Å². The van der Waals surface area contributed by atoms with E-state index in [1.165, 1.54) is 0 Å². The van der Waals surface area contributed by atoms with E-state index in [-0.39, 0.29) is 11.2 Å². The van der Waals surface area contributed by atoms with Gasteiger partial charge in [-0.05, 0) is 47.7 Å². The highest BCUT2D eigenvalue weighted by molar-refractivity contribution is 5.05. The minimum absolute atomic E-state index is 0.0914. The fourth-order valence-electron chi connectivity index (χ4n) is 3.54. The van der Waals surface area contributed by atoms with Crippen molar-refractivity contribution >= 4 is 0 Å². The van der Waals surface area contributed by atoms with E-state index < -0.39 is 0 Å². The minimum atomic E-state index is -0.114. The summed E-state index contributed by atoms with van der Waals surface area (Å²) in [6, 6.07) is 0.396. The molecule has 0 aromatic rings. The van der Waals surface area contributed by atoms with Crippen LogP contribution >= 0.6 is 0 Å². The Morgan fingerprint density at radius 3 is 2.40 bits per heavy atom. The highest BCUT2D eigenvalue weighted by Gasteiger charge is 2.53. The normalized spacial score (nSPS) is 28.2. The lowest BCUT2D eigenvalue weighted by molar-refractivity contribution is -0.0792. The van der Waals surface area contributed by atoms with Gasteiger partial charge >= 0.3 is 0 Å². The molecule has 20 heavy (non-hydrogen) atoms. The van der Waals surface area contributed by atoms with Gasteiger partial charge in [0.2, 0.25) is 0 Å². The lowest BCUT2D eigenvalue weighted by Crippen LogP contribution is -2.50. The van der Waals surface area contributed by atoms with Crippen molar-refractivity contribution in [3.8, 4) is 0 Å². The molecule has 1 rings (SSSR count). The molecule has 2 unspecified atom stereocenters. The topological polar surface area (TPSA) is 33.7 Å². The van der Waals surface area contributed by atoms with Crippen LogP contribution in [0.4, 0.5) is 0 Å². The number of hydrogen-bond donors (Lipinski definition) is 1. The fourth-order valence-corrected chi connectivity index (χ4v) is 3.54. The second-order valence-electron chi connectivity index (χ2n) is 7.06. The monoisotopic (exact) mass is 286 g/mol. The van der Waals surface area contributed by atoms with Crippen LogP contribution in [0.3, 0.4) is 0 Å². The average Bonchev–Trinajstić information content (AvgIpc) is 2.48. The Balaban J connectivity index is 2.68. The summed E-state index contributed by atoms with van der Waals surface area (Å²) in [5.74, 6) is 0.491. The van der Waals surface area contributed by atoms with Gasteiger partial charge in [0.15, 0.2) is 0 Å². The van der Waals surface area contributed by atoms with Crippen molar-refractivity contribution < 1.29 is 9.47 Å². The van der Waals surface area contributed by atoms with Gasteiger partial charge in [0.05, 0.1) is 11.2 Å². The highest BCUT2D eigenvalue weighted by atomic mass is 16.5. The van der Waals surface area contributed by atoms with Crippen LogP contribution in [-0.4, -0.2) is 62.5 Å². The van der Waals surface area contributed by atoms with E-state index in [1.54, 1.807) is 7.11 Å². The lowest BCUT2D eigenvalue weighted by atomic mass is 9.82. The maximum Gasteiger partial charge on any atom is 0.0790 e. The van der Waals surface area contributed by atoms with Crippen molar-refractivity contribution in [2.45, 2.75) is 58.3 Å². The zero-order valence-electron chi connectivity index (χ0n) is 14.5. The van der Waals surface area contributed by atoms with Crippen molar-refractivity contribution in [2.75, 3.05) is 40.4 Å². The maximum atomic E-state index is 6.33. The fraction of sp³-hybridized carbons (Fsp3) is 1.00. The molecule has 0 spiro atoms. The van der Waals surface area contributed by atoms with Gasteiger partial charge in [-0.15, -0.1) is 0 Å². The summed E-state index contributed by atoms with van der Waals surface area (Å²) in [6.07, 6.45) is 1.08. The molecular weight excluding hydrogens is 252 g/mol. The van der Waals surface area contributed by atoms with E-state index in [1.807, 2.05) is 0 Å². The lowest BCUT2D eigenvalue weighted by Gasteiger charge is -2.33. The predicted molar refractivity (Wildman–Crippen MR) is 84.2 cm³/mol.